The molecule has 0 unspecified atom stereocenters. The van der Waals surface area contributed by atoms with Gasteiger partial charge in [0, 0.05) is 0 Å². The SMILES string of the molecule is Cc1nc(C=N[S@@+]([O-])C(C)(C)C)ccc1F. The molecule has 0 saturated carbocycles. The van der Waals surface area contributed by atoms with Gasteiger partial charge in [-0.25, -0.2) is 9.37 Å². The van der Waals surface area contributed by atoms with Gasteiger partial charge in [0.2, 0.25) is 0 Å². The Morgan fingerprint density at radius 2 is 2.06 bits per heavy atom. The van der Waals surface area contributed by atoms with E-state index in [0.717, 1.165) is 0 Å². The summed E-state index contributed by atoms with van der Waals surface area (Å²) in [6.07, 6.45) is 1.41. The topological polar surface area (TPSA) is 48.3 Å². The van der Waals surface area contributed by atoms with Crippen molar-refractivity contribution >= 4 is 17.6 Å². The monoisotopic (exact) mass is 242 g/mol. The highest BCUT2D eigenvalue weighted by Gasteiger charge is 2.25. The van der Waals surface area contributed by atoms with Crippen LogP contribution in [0.3, 0.4) is 0 Å². The lowest BCUT2D eigenvalue weighted by Crippen LogP contribution is -2.25. The quantitative estimate of drug-likeness (QED) is 0.590. The van der Waals surface area contributed by atoms with Gasteiger partial charge < -0.3 is 4.55 Å². The minimum absolute atomic E-state index is 0.311. The molecule has 0 fully saturated rings. The second-order valence-electron chi connectivity index (χ2n) is 4.40. The predicted octanol–water partition coefficient (Wildman–Crippen LogP) is 2.41. The first-order valence-corrected chi connectivity index (χ1v) is 6.00. The third-order valence-electron chi connectivity index (χ3n) is 1.85. The van der Waals surface area contributed by atoms with E-state index in [-0.39, 0.29) is 5.82 Å². The van der Waals surface area contributed by atoms with Gasteiger partial charge in [0.15, 0.2) is 0 Å². The molecule has 1 heterocycles. The van der Waals surface area contributed by atoms with Crippen molar-refractivity contribution in [2.24, 2.45) is 4.40 Å². The lowest BCUT2D eigenvalue weighted by Gasteiger charge is -2.17. The van der Waals surface area contributed by atoms with Crippen molar-refractivity contribution in [3.63, 3.8) is 0 Å². The molecule has 5 heteroatoms. The fourth-order valence-corrected chi connectivity index (χ4v) is 1.42. The molecule has 0 bridgehead atoms. The summed E-state index contributed by atoms with van der Waals surface area (Å²) in [7, 11) is 0. The van der Waals surface area contributed by atoms with E-state index in [9.17, 15) is 8.94 Å². The van der Waals surface area contributed by atoms with Crippen LogP contribution in [-0.4, -0.2) is 20.5 Å². The van der Waals surface area contributed by atoms with E-state index in [2.05, 4.69) is 9.38 Å². The smallest absolute Gasteiger partial charge is 0.144 e. The van der Waals surface area contributed by atoms with E-state index in [1.165, 1.54) is 18.3 Å². The summed E-state index contributed by atoms with van der Waals surface area (Å²) < 4.78 is 28.0. The van der Waals surface area contributed by atoms with Crippen LogP contribution in [-0.2, 0) is 11.4 Å². The molecule has 0 aliphatic rings. The summed E-state index contributed by atoms with van der Waals surface area (Å²) in [4.78, 5) is 3.97. The second kappa shape index (κ2) is 4.93. The van der Waals surface area contributed by atoms with E-state index in [1.807, 2.05) is 20.8 Å². The van der Waals surface area contributed by atoms with Gasteiger partial charge in [-0.1, -0.05) is 4.40 Å². The summed E-state index contributed by atoms with van der Waals surface area (Å²) in [6.45, 7) is 7.09. The van der Waals surface area contributed by atoms with Crippen LogP contribution >= 0.6 is 0 Å². The summed E-state index contributed by atoms with van der Waals surface area (Å²) in [5.74, 6) is -0.353. The predicted molar refractivity (Wildman–Crippen MR) is 64.4 cm³/mol. The van der Waals surface area contributed by atoms with Crippen molar-refractivity contribution in [1.82, 2.24) is 4.98 Å². The maximum Gasteiger partial charge on any atom is 0.144 e. The van der Waals surface area contributed by atoms with Crippen LogP contribution in [0.15, 0.2) is 16.5 Å². The summed E-state index contributed by atoms with van der Waals surface area (Å²) in [5.41, 5.74) is 0.821. The molecule has 1 aromatic rings. The molecule has 0 N–H and O–H groups in total. The molecule has 0 saturated heterocycles. The fraction of sp³-hybridized carbons (Fsp3) is 0.455. The van der Waals surface area contributed by atoms with E-state index in [0.29, 0.717) is 11.4 Å². The average molecular weight is 242 g/mol. The second-order valence-corrected chi connectivity index (χ2v) is 6.33. The lowest BCUT2D eigenvalue weighted by atomic mass is 10.3. The average Bonchev–Trinajstić information content (AvgIpc) is 2.18. The number of hydrogen-bond donors (Lipinski definition) is 0. The van der Waals surface area contributed by atoms with E-state index < -0.39 is 16.1 Å². The van der Waals surface area contributed by atoms with E-state index in [4.69, 9.17) is 0 Å². The Labute approximate surface area is 98.1 Å². The molecule has 16 heavy (non-hydrogen) atoms. The van der Waals surface area contributed by atoms with Crippen molar-refractivity contribution in [2.45, 2.75) is 32.4 Å². The van der Waals surface area contributed by atoms with Crippen LogP contribution in [0.4, 0.5) is 4.39 Å². The van der Waals surface area contributed by atoms with Crippen molar-refractivity contribution < 1.29 is 8.94 Å². The maximum absolute atomic E-state index is 12.9. The molecule has 0 amide bonds. The first-order chi connectivity index (χ1) is 7.30. The molecule has 0 radical (unpaired) electrons. The van der Waals surface area contributed by atoms with Crippen LogP contribution in [0.5, 0.6) is 0 Å². The molecule has 1 rings (SSSR count). The minimum atomic E-state index is -1.31. The van der Waals surface area contributed by atoms with Gasteiger partial charge >= 0.3 is 0 Å². The van der Waals surface area contributed by atoms with Crippen LogP contribution in [0, 0.1) is 12.7 Å². The van der Waals surface area contributed by atoms with Gasteiger partial charge in [0.05, 0.1) is 11.4 Å². The van der Waals surface area contributed by atoms with Crippen LogP contribution in [0.1, 0.15) is 32.2 Å². The van der Waals surface area contributed by atoms with Crippen LogP contribution in [0.25, 0.3) is 0 Å². The van der Waals surface area contributed by atoms with Crippen LogP contribution in [0.2, 0.25) is 0 Å². The first-order valence-electron chi connectivity index (χ1n) is 4.90. The van der Waals surface area contributed by atoms with Gasteiger partial charge in [-0.3, -0.25) is 0 Å². The molecule has 0 spiro atoms. The molecule has 1 aromatic heterocycles. The molecule has 3 nitrogen and oxygen atoms in total. The molecule has 0 aliphatic heterocycles. The minimum Gasteiger partial charge on any atom is -0.591 e. The number of rotatable bonds is 2. The van der Waals surface area contributed by atoms with Gasteiger partial charge in [-0.2, -0.15) is 0 Å². The van der Waals surface area contributed by atoms with Crippen LogP contribution < -0.4 is 0 Å². The Morgan fingerprint density at radius 1 is 1.44 bits per heavy atom. The number of aromatic nitrogens is 1. The fourth-order valence-electron chi connectivity index (χ4n) is 0.895. The number of halogens is 1. The van der Waals surface area contributed by atoms with Crippen molar-refractivity contribution in [3.8, 4) is 0 Å². The zero-order valence-electron chi connectivity index (χ0n) is 9.82. The Morgan fingerprint density at radius 3 is 2.56 bits per heavy atom. The summed E-state index contributed by atoms with van der Waals surface area (Å²) >= 11 is -1.31. The molecule has 0 aliphatic carbocycles. The molecule has 1 atom stereocenters. The summed E-state index contributed by atoms with van der Waals surface area (Å²) in [6, 6.07) is 2.83. The molecular formula is C11H15FN2OS. The first kappa shape index (κ1) is 13.1. The van der Waals surface area contributed by atoms with Gasteiger partial charge in [0.25, 0.3) is 0 Å². The highest BCUT2D eigenvalue weighted by Crippen LogP contribution is 2.16. The van der Waals surface area contributed by atoms with Gasteiger partial charge in [-0.15, -0.1) is 0 Å². The molecular weight excluding hydrogens is 227 g/mol. The Balaban J connectivity index is 2.81. The summed E-state index contributed by atoms with van der Waals surface area (Å²) in [5, 5.41) is 0. The Hall–Kier alpha value is -0.940. The third kappa shape index (κ3) is 3.57. The van der Waals surface area contributed by atoms with E-state index >= 15 is 0 Å². The Bertz CT molecular complexity index is 401. The number of pyridine rings is 1. The zero-order chi connectivity index (χ0) is 12.3. The largest absolute Gasteiger partial charge is 0.591 e. The number of hydrogen-bond acceptors (Lipinski definition) is 3. The molecule has 0 aromatic carbocycles. The standard InChI is InChI=1S/C11H15FN2OS/c1-8-10(12)6-5-9(14-8)7-13-16(15)11(2,3)4/h5-7H,1-4H3/t16-/m0/s1. The van der Waals surface area contributed by atoms with E-state index in [1.54, 1.807) is 6.92 Å². The number of nitrogens with zero attached hydrogens (tertiary/aromatic N) is 2. The van der Waals surface area contributed by atoms with Crippen molar-refractivity contribution in [2.75, 3.05) is 0 Å². The highest BCUT2D eigenvalue weighted by molar-refractivity contribution is 7.91. The van der Waals surface area contributed by atoms with Gasteiger partial charge in [-0.05, 0) is 39.8 Å². The maximum atomic E-state index is 12.9. The lowest BCUT2D eigenvalue weighted by molar-refractivity contribution is 0.562. The number of aryl methyl sites for hydroxylation is 1. The van der Waals surface area contributed by atoms with Gasteiger partial charge in [0.1, 0.15) is 28.1 Å². The van der Waals surface area contributed by atoms with Crippen molar-refractivity contribution in [1.29, 1.82) is 0 Å². The normalized spacial score (nSPS) is 14.4. The Kier molecular flexibility index (Phi) is 4.04. The third-order valence-corrected chi connectivity index (χ3v) is 3.19. The van der Waals surface area contributed by atoms with Crippen molar-refractivity contribution in [3.05, 3.63) is 29.3 Å². The highest BCUT2D eigenvalue weighted by atomic mass is 32.2. The molecule has 88 valence electrons. The zero-order valence-corrected chi connectivity index (χ0v) is 10.6.